The maximum Gasteiger partial charge on any atom is 0.277 e. The molecular formula is C46H33Cl2FN8O2. The van der Waals surface area contributed by atoms with Gasteiger partial charge < -0.3 is 9.80 Å². The molecule has 0 radical (unpaired) electrons. The van der Waals surface area contributed by atoms with E-state index in [0.29, 0.717) is 55.6 Å². The monoisotopic (exact) mass is 818 g/mol. The van der Waals surface area contributed by atoms with Gasteiger partial charge in [0, 0.05) is 71.4 Å². The number of hydrogen-bond acceptors (Lipinski definition) is 6. The second kappa shape index (κ2) is 16.7. The molecule has 0 aliphatic heterocycles. The summed E-state index contributed by atoms with van der Waals surface area (Å²) in [5.41, 5.74) is 6.99. The number of imidazole rings is 2. The van der Waals surface area contributed by atoms with Crippen molar-refractivity contribution < 1.29 is 14.0 Å². The Hall–Kier alpha value is -7.21. The molecule has 0 aliphatic rings. The summed E-state index contributed by atoms with van der Waals surface area (Å²) in [6.07, 6.45) is 6.81. The molecule has 0 atom stereocenters. The van der Waals surface area contributed by atoms with Crippen molar-refractivity contribution in [2.75, 3.05) is 23.9 Å². The Morgan fingerprint density at radius 2 is 0.898 bits per heavy atom. The van der Waals surface area contributed by atoms with Gasteiger partial charge in [-0.05, 0) is 96.1 Å². The Morgan fingerprint density at radius 1 is 0.508 bits per heavy atom. The van der Waals surface area contributed by atoms with E-state index in [0.717, 1.165) is 22.4 Å². The summed E-state index contributed by atoms with van der Waals surface area (Å²) in [6.45, 7) is 0. The number of carbonyl (C=O) groups is 2. The van der Waals surface area contributed by atoms with Crippen molar-refractivity contribution in [3.63, 3.8) is 0 Å². The fraction of sp³-hybridized carbons (Fsp3) is 0.0435. The predicted octanol–water partition coefficient (Wildman–Crippen LogP) is 10.5. The number of rotatable bonds is 7. The van der Waals surface area contributed by atoms with E-state index in [-0.39, 0.29) is 17.6 Å². The number of hydrogen-bond donors (Lipinski definition) is 0. The Morgan fingerprint density at radius 3 is 1.34 bits per heavy atom. The quantitative estimate of drug-likeness (QED) is 0.159. The van der Waals surface area contributed by atoms with Gasteiger partial charge in [0.05, 0.1) is 0 Å². The van der Waals surface area contributed by atoms with Crippen LogP contribution in [0.4, 0.5) is 15.8 Å². The smallest absolute Gasteiger partial charge is 0.277 e. The van der Waals surface area contributed by atoms with Gasteiger partial charge in [-0.25, -0.2) is 24.3 Å². The van der Waals surface area contributed by atoms with Crippen LogP contribution in [0.5, 0.6) is 0 Å². The van der Waals surface area contributed by atoms with Gasteiger partial charge in [-0.2, -0.15) is 0 Å². The first-order valence-electron chi connectivity index (χ1n) is 18.3. The van der Waals surface area contributed by atoms with Crippen molar-refractivity contribution in [3.05, 3.63) is 192 Å². The van der Waals surface area contributed by atoms with Crippen molar-refractivity contribution in [1.29, 1.82) is 0 Å². The normalized spacial score (nSPS) is 10.9. The summed E-state index contributed by atoms with van der Waals surface area (Å²) in [7, 11) is 3.42. The molecule has 0 saturated heterocycles. The molecule has 0 saturated carbocycles. The molecule has 2 amide bonds. The van der Waals surface area contributed by atoms with Crippen LogP contribution in [0, 0.1) is 5.82 Å². The SMILES string of the molecule is CN(C(=O)c1c(-c2ccc(-c3ccccc3)cc2)nc2ncccn12)c1ccc(Cl)cc1.CN(C(=O)c1c(-c2ccc(F)cc2)nc2ncccn12)c1ccc(Cl)cc1. The molecule has 9 aromatic rings. The molecule has 4 heterocycles. The van der Waals surface area contributed by atoms with E-state index in [1.54, 1.807) is 113 Å². The molecule has 0 spiro atoms. The van der Waals surface area contributed by atoms with E-state index >= 15 is 0 Å². The molecular weight excluding hydrogens is 786 g/mol. The molecule has 9 rings (SSSR count). The third kappa shape index (κ3) is 8.02. The second-order valence-electron chi connectivity index (χ2n) is 13.3. The minimum atomic E-state index is -0.355. The average Bonchev–Trinajstić information content (AvgIpc) is 3.86. The van der Waals surface area contributed by atoms with Crippen LogP contribution in [0.25, 0.3) is 45.2 Å². The van der Waals surface area contributed by atoms with E-state index in [2.05, 4.69) is 32.1 Å². The van der Waals surface area contributed by atoms with Gasteiger partial charge in [0.25, 0.3) is 11.8 Å². The molecule has 59 heavy (non-hydrogen) atoms. The summed E-state index contributed by atoms with van der Waals surface area (Å²) in [5.74, 6) is 0.0612. The lowest BCUT2D eigenvalue weighted by Gasteiger charge is -2.18. The zero-order chi connectivity index (χ0) is 41.0. The molecule has 0 fully saturated rings. The van der Waals surface area contributed by atoms with Crippen LogP contribution < -0.4 is 9.80 Å². The molecule has 0 unspecified atom stereocenters. The lowest BCUT2D eigenvalue weighted by atomic mass is 10.0. The third-order valence-electron chi connectivity index (χ3n) is 9.63. The van der Waals surface area contributed by atoms with E-state index in [1.165, 1.54) is 17.0 Å². The van der Waals surface area contributed by atoms with Crippen molar-refractivity contribution in [2.24, 2.45) is 0 Å². The summed E-state index contributed by atoms with van der Waals surface area (Å²) in [5, 5.41) is 1.21. The number of halogens is 3. The Bertz CT molecular complexity index is 2920. The van der Waals surface area contributed by atoms with Gasteiger partial charge in [-0.3, -0.25) is 18.4 Å². The first kappa shape index (κ1) is 38.7. The largest absolute Gasteiger partial charge is 0.310 e. The van der Waals surface area contributed by atoms with Crippen molar-refractivity contribution >= 4 is 57.9 Å². The van der Waals surface area contributed by atoms with Gasteiger partial charge >= 0.3 is 0 Å². The van der Waals surface area contributed by atoms with E-state index in [4.69, 9.17) is 23.2 Å². The fourth-order valence-electron chi connectivity index (χ4n) is 6.53. The Labute approximate surface area is 348 Å². The van der Waals surface area contributed by atoms with Gasteiger partial charge in [-0.1, -0.05) is 77.8 Å². The number of carbonyl (C=O) groups excluding carboxylic acids is 2. The minimum absolute atomic E-state index is 0.185. The topological polar surface area (TPSA) is 101 Å². The average molecular weight is 820 g/mol. The van der Waals surface area contributed by atoms with Crippen LogP contribution in [-0.4, -0.2) is 54.6 Å². The number of aromatic nitrogens is 6. The van der Waals surface area contributed by atoms with E-state index in [9.17, 15) is 14.0 Å². The second-order valence-corrected chi connectivity index (χ2v) is 14.2. The van der Waals surface area contributed by atoms with Crippen molar-refractivity contribution in [2.45, 2.75) is 0 Å². The van der Waals surface area contributed by atoms with Crippen LogP contribution in [0.3, 0.4) is 0 Å². The lowest BCUT2D eigenvalue weighted by Crippen LogP contribution is -2.28. The highest BCUT2D eigenvalue weighted by Crippen LogP contribution is 2.30. The van der Waals surface area contributed by atoms with Crippen molar-refractivity contribution in [1.82, 2.24) is 28.7 Å². The Balaban J connectivity index is 0.000000167. The zero-order valence-corrected chi connectivity index (χ0v) is 33.1. The van der Waals surface area contributed by atoms with Crippen molar-refractivity contribution in [3.8, 4) is 33.6 Å². The number of nitrogens with zero attached hydrogens (tertiary/aromatic N) is 8. The predicted molar refractivity (Wildman–Crippen MR) is 231 cm³/mol. The van der Waals surface area contributed by atoms with Gasteiger partial charge in [0.15, 0.2) is 0 Å². The standard InChI is InChI=1S/C26H19ClN4O.C20H14ClFN4O/c1-30(22-14-12-21(27)13-15-22)25(32)24-23(29-26-28-16-5-17-31(24)26)20-10-8-19(9-11-20)18-6-3-2-4-7-18;1-25(16-9-5-14(21)6-10-16)19(27)18-17(13-3-7-15(22)8-4-13)24-20-23-11-2-12-26(18)20/h2-17H,1H3;2-12H,1H3. The summed E-state index contributed by atoms with van der Waals surface area (Å²) >= 11 is 11.9. The molecule has 13 heteroatoms. The summed E-state index contributed by atoms with van der Waals surface area (Å²) in [6, 6.07) is 41.7. The summed E-state index contributed by atoms with van der Waals surface area (Å²) in [4.78, 5) is 47.7. The molecule has 290 valence electrons. The molecule has 4 aromatic heterocycles. The molecule has 0 bridgehead atoms. The van der Waals surface area contributed by atoms with Crippen LogP contribution >= 0.6 is 23.2 Å². The zero-order valence-electron chi connectivity index (χ0n) is 31.6. The van der Waals surface area contributed by atoms with Crippen LogP contribution in [-0.2, 0) is 0 Å². The molecule has 10 nitrogen and oxygen atoms in total. The molecule has 0 N–H and O–H groups in total. The van der Waals surface area contributed by atoms with E-state index < -0.39 is 0 Å². The van der Waals surface area contributed by atoms with Crippen LogP contribution in [0.2, 0.25) is 10.0 Å². The van der Waals surface area contributed by atoms with Crippen LogP contribution in [0.1, 0.15) is 21.0 Å². The number of benzene rings is 5. The maximum atomic E-state index is 13.6. The number of anilines is 2. The molecule has 0 aliphatic carbocycles. The van der Waals surface area contributed by atoms with Gasteiger partial charge in [0.2, 0.25) is 11.6 Å². The Kier molecular flexibility index (Phi) is 11.0. The van der Waals surface area contributed by atoms with E-state index in [1.807, 2.05) is 54.6 Å². The lowest BCUT2D eigenvalue weighted by molar-refractivity contribution is 0.0980. The third-order valence-corrected chi connectivity index (χ3v) is 10.1. The van der Waals surface area contributed by atoms with Crippen LogP contribution in [0.15, 0.2) is 164 Å². The summed E-state index contributed by atoms with van der Waals surface area (Å²) < 4.78 is 16.7. The first-order chi connectivity index (χ1) is 28.7. The van der Waals surface area contributed by atoms with Gasteiger partial charge in [0.1, 0.15) is 28.6 Å². The number of fused-ring (bicyclic) bond motifs is 2. The first-order valence-corrected chi connectivity index (χ1v) is 19.1. The highest BCUT2D eigenvalue weighted by Gasteiger charge is 2.26. The highest BCUT2D eigenvalue weighted by atomic mass is 35.5. The minimum Gasteiger partial charge on any atom is -0.310 e. The molecule has 5 aromatic carbocycles. The number of amides is 2. The fourth-order valence-corrected chi connectivity index (χ4v) is 6.78. The highest BCUT2D eigenvalue weighted by molar-refractivity contribution is 6.31. The maximum absolute atomic E-state index is 13.6. The van der Waals surface area contributed by atoms with Gasteiger partial charge in [-0.15, -0.1) is 0 Å².